The second-order valence-corrected chi connectivity index (χ2v) is 6.89. The van der Waals surface area contributed by atoms with E-state index in [0.717, 1.165) is 11.3 Å². The molecule has 2 aromatic carbocycles. The van der Waals surface area contributed by atoms with E-state index in [1.807, 2.05) is 31.2 Å². The third-order valence-corrected chi connectivity index (χ3v) is 4.21. The summed E-state index contributed by atoms with van der Waals surface area (Å²) in [6, 6.07) is 13.8. The molecular weight excluding hydrogens is 514 g/mol. The first-order valence-corrected chi connectivity index (χ1v) is 9.65. The van der Waals surface area contributed by atoms with Crippen molar-refractivity contribution in [1.82, 2.24) is 15.5 Å². The van der Waals surface area contributed by atoms with Gasteiger partial charge in [-0.25, -0.2) is 9.38 Å². The number of nitrogens with one attached hydrogen (secondary N) is 2. The number of hydrogen-bond acceptors (Lipinski definition) is 4. The highest BCUT2D eigenvalue weighted by Crippen LogP contribution is 2.16. The van der Waals surface area contributed by atoms with Crippen LogP contribution in [0.15, 0.2) is 53.5 Å². The molecule has 2 N–H and O–H groups in total. The molecule has 0 saturated heterocycles. The quantitative estimate of drug-likeness (QED) is 0.289. The van der Waals surface area contributed by atoms with Gasteiger partial charge in [0.15, 0.2) is 17.5 Å². The van der Waals surface area contributed by atoms with Crippen LogP contribution in [0.2, 0.25) is 0 Å². The maximum Gasteiger partial charge on any atom is 0.241 e. The Morgan fingerprint density at radius 2 is 1.81 bits per heavy atom. The van der Waals surface area contributed by atoms with E-state index >= 15 is 0 Å². The third-order valence-electron chi connectivity index (χ3n) is 4.21. The van der Waals surface area contributed by atoms with E-state index in [1.54, 1.807) is 39.4 Å². The van der Waals surface area contributed by atoms with Gasteiger partial charge >= 0.3 is 0 Å². The fraction of sp³-hybridized carbons (Fsp3) is 0.364. The van der Waals surface area contributed by atoms with Gasteiger partial charge in [0.05, 0.1) is 26.7 Å². The minimum absolute atomic E-state index is 0. The van der Waals surface area contributed by atoms with Gasteiger partial charge in [0, 0.05) is 14.1 Å². The molecule has 31 heavy (non-hydrogen) atoms. The number of carbonyl (C=O) groups excluding carboxylic acids is 1. The zero-order chi connectivity index (χ0) is 21.9. The van der Waals surface area contributed by atoms with E-state index in [9.17, 15) is 9.18 Å². The van der Waals surface area contributed by atoms with Crippen molar-refractivity contribution in [1.29, 1.82) is 0 Å². The number of methoxy groups -OCH3 is 1. The number of guanidine groups is 1. The van der Waals surface area contributed by atoms with Crippen LogP contribution in [0.1, 0.15) is 12.5 Å². The summed E-state index contributed by atoms with van der Waals surface area (Å²) in [7, 11) is 5.00. The Bertz CT molecular complexity index is 847. The molecule has 0 bridgehead atoms. The molecule has 7 nitrogen and oxygen atoms in total. The number of para-hydroxylation sites is 1. The van der Waals surface area contributed by atoms with Crippen LogP contribution in [0.25, 0.3) is 0 Å². The smallest absolute Gasteiger partial charge is 0.241 e. The normalized spacial score (nSPS) is 11.7. The van der Waals surface area contributed by atoms with Crippen molar-refractivity contribution in [2.45, 2.75) is 19.6 Å². The molecule has 1 unspecified atom stereocenters. The average Bonchev–Trinajstić information content (AvgIpc) is 2.74. The summed E-state index contributed by atoms with van der Waals surface area (Å²) >= 11 is 0. The van der Waals surface area contributed by atoms with Crippen LogP contribution >= 0.6 is 24.0 Å². The van der Waals surface area contributed by atoms with Crippen LogP contribution in [0.5, 0.6) is 11.5 Å². The van der Waals surface area contributed by atoms with Gasteiger partial charge in [-0.2, -0.15) is 0 Å². The van der Waals surface area contributed by atoms with Gasteiger partial charge in [-0.1, -0.05) is 24.3 Å². The number of hydrogen-bond donors (Lipinski definition) is 2. The van der Waals surface area contributed by atoms with Gasteiger partial charge in [0.25, 0.3) is 0 Å². The minimum Gasteiger partial charge on any atom is -0.497 e. The molecule has 170 valence electrons. The third kappa shape index (κ3) is 9.41. The SMILES string of the molecule is COc1ccc(CN=C(NCC(=O)N(C)C)NCC(C)Oc2ccccc2F)cc1.I. The second-order valence-electron chi connectivity index (χ2n) is 6.89. The van der Waals surface area contributed by atoms with Crippen LogP contribution in [-0.2, 0) is 11.3 Å². The number of carbonyl (C=O) groups is 1. The Morgan fingerprint density at radius 3 is 2.42 bits per heavy atom. The highest BCUT2D eigenvalue weighted by molar-refractivity contribution is 14.0. The molecule has 0 fully saturated rings. The number of halogens is 2. The molecule has 0 saturated carbocycles. The first-order valence-electron chi connectivity index (χ1n) is 9.65. The maximum atomic E-state index is 13.8. The standard InChI is InChI=1S/C22H29FN4O3.HI/c1-16(30-20-8-6-5-7-19(20)23)13-24-22(26-15-21(28)27(2)3)25-14-17-9-11-18(29-4)12-10-17;/h5-12,16H,13-15H2,1-4H3,(H2,24,25,26);1H. The molecule has 1 atom stereocenters. The van der Waals surface area contributed by atoms with E-state index < -0.39 is 5.82 Å². The van der Waals surface area contributed by atoms with Gasteiger partial charge in [-0.3, -0.25) is 4.79 Å². The summed E-state index contributed by atoms with van der Waals surface area (Å²) in [5.41, 5.74) is 0.992. The molecular formula is C22H30FIN4O3. The van der Waals surface area contributed by atoms with Gasteiger partial charge in [-0.15, -0.1) is 24.0 Å². The number of amides is 1. The molecule has 1 amide bonds. The molecule has 2 aromatic rings. The summed E-state index contributed by atoms with van der Waals surface area (Å²) in [6.07, 6.45) is -0.320. The molecule has 2 rings (SSSR count). The molecule has 0 aliphatic rings. The largest absolute Gasteiger partial charge is 0.497 e. The molecule has 9 heteroatoms. The predicted octanol–water partition coefficient (Wildman–Crippen LogP) is 3.04. The summed E-state index contributed by atoms with van der Waals surface area (Å²) in [5.74, 6) is 0.941. The number of benzene rings is 2. The van der Waals surface area contributed by atoms with E-state index in [2.05, 4.69) is 15.6 Å². The number of aliphatic imine (C=N–C) groups is 1. The predicted molar refractivity (Wildman–Crippen MR) is 131 cm³/mol. The van der Waals surface area contributed by atoms with E-state index in [0.29, 0.717) is 19.0 Å². The molecule has 0 radical (unpaired) electrons. The lowest BCUT2D eigenvalue weighted by molar-refractivity contribution is -0.127. The van der Waals surface area contributed by atoms with Gasteiger partial charge in [0.1, 0.15) is 11.9 Å². The number of rotatable bonds is 9. The van der Waals surface area contributed by atoms with E-state index in [-0.39, 0.29) is 48.3 Å². The Balaban J connectivity index is 0.00000480. The summed E-state index contributed by atoms with van der Waals surface area (Å²) in [5, 5.41) is 6.16. The van der Waals surface area contributed by atoms with Crippen molar-refractivity contribution in [3.63, 3.8) is 0 Å². The topological polar surface area (TPSA) is 75.2 Å². The lowest BCUT2D eigenvalue weighted by Crippen LogP contribution is -2.45. The van der Waals surface area contributed by atoms with Crippen molar-refractivity contribution in [2.24, 2.45) is 4.99 Å². The summed E-state index contributed by atoms with van der Waals surface area (Å²) in [6.45, 7) is 2.71. The van der Waals surface area contributed by atoms with Crippen LogP contribution in [-0.4, -0.2) is 57.2 Å². The van der Waals surface area contributed by atoms with E-state index in [4.69, 9.17) is 9.47 Å². The molecule has 0 spiro atoms. The van der Waals surface area contributed by atoms with Crippen molar-refractivity contribution < 1.29 is 18.7 Å². The maximum absolute atomic E-state index is 13.8. The first-order chi connectivity index (χ1) is 14.4. The monoisotopic (exact) mass is 544 g/mol. The van der Waals surface area contributed by atoms with Gasteiger partial charge in [-0.05, 0) is 36.8 Å². The van der Waals surface area contributed by atoms with Crippen molar-refractivity contribution in [2.75, 3.05) is 34.3 Å². The highest BCUT2D eigenvalue weighted by Gasteiger charge is 2.10. The first kappa shape index (κ1) is 26.5. The molecule has 0 aliphatic carbocycles. The van der Waals surface area contributed by atoms with Crippen LogP contribution in [0.4, 0.5) is 4.39 Å². The highest BCUT2D eigenvalue weighted by atomic mass is 127. The molecule has 0 aliphatic heterocycles. The van der Waals surface area contributed by atoms with Crippen molar-refractivity contribution >= 4 is 35.8 Å². The Hall–Kier alpha value is -2.56. The Kier molecular flexibility index (Phi) is 11.7. The lowest BCUT2D eigenvalue weighted by atomic mass is 10.2. The minimum atomic E-state index is -0.410. The fourth-order valence-electron chi connectivity index (χ4n) is 2.43. The van der Waals surface area contributed by atoms with Crippen LogP contribution in [0, 0.1) is 5.82 Å². The Labute approximate surface area is 200 Å². The number of likely N-dealkylation sites (N-methyl/N-ethyl adjacent to an activating group) is 1. The molecule has 0 heterocycles. The van der Waals surface area contributed by atoms with Crippen molar-refractivity contribution in [3.8, 4) is 11.5 Å². The average molecular weight is 544 g/mol. The molecule has 0 aromatic heterocycles. The summed E-state index contributed by atoms with van der Waals surface area (Å²) in [4.78, 5) is 17.9. The van der Waals surface area contributed by atoms with Gasteiger partial charge in [0.2, 0.25) is 5.91 Å². The van der Waals surface area contributed by atoms with Gasteiger partial charge < -0.3 is 25.0 Å². The van der Waals surface area contributed by atoms with Crippen LogP contribution < -0.4 is 20.1 Å². The fourth-order valence-corrected chi connectivity index (χ4v) is 2.43. The zero-order valence-electron chi connectivity index (χ0n) is 18.2. The van der Waals surface area contributed by atoms with E-state index in [1.165, 1.54) is 11.0 Å². The van der Waals surface area contributed by atoms with Crippen molar-refractivity contribution in [3.05, 3.63) is 59.9 Å². The summed E-state index contributed by atoms with van der Waals surface area (Å²) < 4.78 is 24.6. The number of ether oxygens (including phenoxy) is 2. The zero-order valence-corrected chi connectivity index (χ0v) is 20.6. The number of nitrogens with zero attached hydrogens (tertiary/aromatic N) is 2. The Morgan fingerprint density at radius 1 is 1.13 bits per heavy atom. The lowest BCUT2D eigenvalue weighted by Gasteiger charge is -2.19. The van der Waals surface area contributed by atoms with Crippen LogP contribution in [0.3, 0.4) is 0 Å². The second kappa shape index (κ2) is 13.7.